The molecule has 8 nitrogen and oxygen atoms in total. The van der Waals surface area contributed by atoms with Crippen molar-refractivity contribution < 1.29 is 13.2 Å². The van der Waals surface area contributed by atoms with Gasteiger partial charge in [0.05, 0.1) is 6.20 Å². The highest BCUT2D eigenvalue weighted by molar-refractivity contribution is 7.77. The maximum absolute atomic E-state index is 14.1. The van der Waals surface area contributed by atoms with Gasteiger partial charge in [-0.15, -0.1) is 0 Å². The van der Waals surface area contributed by atoms with Crippen molar-refractivity contribution in [2.24, 2.45) is 5.92 Å². The van der Waals surface area contributed by atoms with Gasteiger partial charge in [0.15, 0.2) is 5.82 Å². The zero-order valence-corrected chi connectivity index (χ0v) is 22.5. The summed E-state index contributed by atoms with van der Waals surface area (Å²) >= 11 is 4.39. The van der Waals surface area contributed by atoms with Crippen LogP contribution in [0.5, 0.6) is 0 Å². The lowest BCUT2D eigenvalue weighted by atomic mass is 9.84. The number of fused-ring (bicyclic) bond motifs is 1. The van der Waals surface area contributed by atoms with Crippen molar-refractivity contribution in [1.82, 2.24) is 19.6 Å². The molecule has 0 spiro atoms. The van der Waals surface area contributed by atoms with Crippen LogP contribution in [0, 0.1) is 5.92 Å². The lowest BCUT2D eigenvalue weighted by molar-refractivity contribution is 0.129. The van der Waals surface area contributed by atoms with Crippen LogP contribution in [0.25, 0.3) is 0 Å². The smallest absolute Gasteiger partial charge is 0.231 e. The van der Waals surface area contributed by atoms with Gasteiger partial charge in [0, 0.05) is 37.9 Å². The van der Waals surface area contributed by atoms with Crippen LogP contribution in [0.4, 0.5) is 21.8 Å². The Kier molecular flexibility index (Phi) is 9.16. The summed E-state index contributed by atoms with van der Waals surface area (Å²) in [6.45, 7) is 5.83. The summed E-state index contributed by atoms with van der Waals surface area (Å²) in [4.78, 5) is 11.2. The van der Waals surface area contributed by atoms with E-state index in [2.05, 4.69) is 42.4 Å². The molecule has 0 amide bonds. The molecular weight excluding hydrogens is 503 g/mol. The standard InChI is InChI=1S/C25H36ClFN6O2S/c1-25(2,27)16-33-11-9-17-7-8-20(13-18(17)10-12-33)30-24-28-15-21(26)23(32-24)31-22-6-4-3-5-19(22)14-29-36(34)35/h7-8,13,15,19,22,29H,3-6,9-12,14,16H2,1-2H3,(H,34,35)(H2,28,30,31,32)/t19-,22-/m1/s1. The Morgan fingerprint density at radius 3 is 2.72 bits per heavy atom. The molecular formula is C25H36ClFN6O2S. The van der Waals surface area contributed by atoms with Crippen molar-refractivity contribution in [1.29, 1.82) is 0 Å². The SMILES string of the molecule is CC(C)(F)CN1CCc2ccc(Nc3ncc(Cl)c(N[C@@H]4CCCC[C@@H]4CNS(=O)O)n3)cc2CC1. The van der Waals surface area contributed by atoms with E-state index in [4.69, 9.17) is 16.2 Å². The number of hydrogen-bond donors (Lipinski definition) is 4. The summed E-state index contributed by atoms with van der Waals surface area (Å²) in [5, 5.41) is 7.18. The van der Waals surface area contributed by atoms with E-state index >= 15 is 0 Å². The molecule has 2 heterocycles. The minimum Gasteiger partial charge on any atom is -0.366 e. The lowest BCUT2D eigenvalue weighted by Gasteiger charge is -2.32. The molecule has 2 aromatic rings. The predicted molar refractivity (Wildman–Crippen MR) is 144 cm³/mol. The van der Waals surface area contributed by atoms with E-state index in [0.717, 1.165) is 57.3 Å². The van der Waals surface area contributed by atoms with E-state index in [-0.39, 0.29) is 12.0 Å². The molecule has 1 aromatic heterocycles. The quantitative estimate of drug-likeness (QED) is 0.343. The second kappa shape index (κ2) is 12.1. The van der Waals surface area contributed by atoms with Crippen molar-refractivity contribution in [3.05, 3.63) is 40.5 Å². The first-order chi connectivity index (χ1) is 17.2. The highest BCUT2D eigenvalue weighted by atomic mass is 35.5. The molecule has 2 aliphatic rings. The summed E-state index contributed by atoms with van der Waals surface area (Å²) < 4.78 is 36.9. The molecule has 198 valence electrons. The summed E-state index contributed by atoms with van der Waals surface area (Å²) in [6, 6.07) is 6.38. The van der Waals surface area contributed by atoms with Crippen LogP contribution in [0.2, 0.25) is 5.02 Å². The van der Waals surface area contributed by atoms with Gasteiger partial charge in [-0.1, -0.05) is 30.5 Å². The molecule has 0 radical (unpaired) electrons. The van der Waals surface area contributed by atoms with Gasteiger partial charge in [-0.2, -0.15) is 4.98 Å². The van der Waals surface area contributed by atoms with Crippen LogP contribution in [-0.2, 0) is 24.1 Å². The molecule has 11 heteroatoms. The monoisotopic (exact) mass is 538 g/mol. The zero-order valence-electron chi connectivity index (χ0n) is 20.9. The first kappa shape index (κ1) is 27.2. The number of alkyl halides is 1. The van der Waals surface area contributed by atoms with Gasteiger partial charge in [-0.05, 0) is 68.7 Å². The Labute approximate surface area is 220 Å². The average Bonchev–Trinajstić information content (AvgIpc) is 3.01. The van der Waals surface area contributed by atoms with Crippen LogP contribution in [0.15, 0.2) is 24.4 Å². The molecule has 1 aliphatic carbocycles. The molecule has 3 atom stereocenters. The van der Waals surface area contributed by atoms with Gasteiger partial charge < -0.3 is 10.6 Å². The van der Waals surface area contributed by atoms with Crippen molar-refractivity contribution in [3.63, 3.8) is 0 Å². The lowest BCUT2D eigenvalue weighted by Crippen LogP contribution is -2.39. The second-order valence-electron chi connectivity index (χ2n) is 10.4. The Bertz CT molecular complexity index is 1070. The number of nitrogens with one attached hydrogen (secondary N) is 3. The first-order valence-electron chi connectivity index (χ1n) is 12.6. The maximum Gasteiger partial charge on any atom is 0.231 e. The third kappa shape index (κ3) is 7.82. The molecule has 36 heavy (non-hydrogen) atoms. The number of halogens is 2. The number of aromatic nitrogens is 2. The molecule has 1 unspecified atom stereocenters. The number of rotatable bonds is 9. The predicted octanol–water partition coefficient (Wildman–Crippen LogP) is 4.72. The topological polar surface area (TPSA) is 102 Å². The number of benzene rings is 1. The van der Waals surface area contributed by atoms with Gasteiger partial charge in [0.25, 0.3) is 0 Å². The Morgan fingerprint density at radius 1 is 1.22 bits per heavy atom. The average molecular weight is 539 g/mol. The van der Waals surface area contributed by atoms with Crippen LogP contribution >= 0.6 is 11.6 Å². The fourth-order valence-electron chi connectivity index (χ4n) is 5.19. The summed E-state index contributed by atoms with van der Waals surface area (Å²) in [7, 11) is 0. The molecule has 1 fully saturated rings. The minimum absolute atomic E-state index is 0.0970. The van der Waals surface area contributed by atoms with Crippen LogP contribution in [-0.4, -0.2) is 61.5 Å². The summed E-state index contributed by atoms with van der Waals surface area (Å²) in [6.07, 6.45) is 7.43. The van der Waals surface area contributed by atoms with Gasteiger partial charge in [-0.25, -0.2) is 18.3 Å². The maximum atomic E-state index is 14.1. The molecule has 0 bridgehead atoms. The van der Waals surface area contributed by atoms with Crippen LogP contribution < -0.4 is 15.4 Å². The minimum atomic E-state index is -2.03. The highest BCUT2D eigenvalue weighted by Crippen LogP contribution is 2.30. The van der Waals surface area contributed by atoms with E-state index in [9.17, 15) is 8.60 Å². The van der Waals surface area contributed by atoms with Crippen LogP contribution in [0.1, 0.15) is 50.7 Å². The molecule has 0 saturated heterocycles. The summed E-state index contributed by atoms with van der Waals surface area (Å²) in [5.74, 6) is 1.19. The molecule has 1 aromatic carbocycles. The van der Waals surface area contributed by atoms with Crippen molar-refractivity contribution in [3.8, 4) is 0 Å². The van der Waals surface area contributed by atoms with E-state index in [1.807, 2.05) is 6.07 Å². The summed E-state index contributed by atoms with van der Waals surface area (Å²) in [5.41, 5.74) is 2.24. The van der Waals surface area contributed by atoms with Gasteiger partial charge in [-0.3, -0.25) is 9.45 Å². The molecule has 1 saturated carbocycles. The van der Waals surface area contributed by atoms with Gasteiger partial charge >= 0.3 is 0 Å². The van der Waals surface area contributed by atoms with Gasteiger partial charge in [0.2, 0.25) is 17.2 Å². The third-order valence-electron chi connectivity index (χ3n) is 6.90. The molecule has 4 rings (SSSR count). The Hall–Kier alpha value is -1.85. The Balaban J connectivity index is 1.43. The van der Waals surface area contributed by atoms with Crippen molar-refractivity contribution in [2.75, 3.05) is 36.8 Å². The Morgan fingerprint density at radius 2 is 1.97 bits per heavy atom. The van der Waals surface area contributed by atoms with Crippen molar-refractivity contribution >= 4 is 40.3 Å². The van der Waals surface area contributed by atoms with E-state index in [1.54, 1.807) is 20.0 Å². The fraction of sp³-hybridized carbons (Fsp3) is 0.600. The normalized spacial score (nSPS) is 21.9. The second-order valence-corrected chi connectivity index (χ2v) is 11.6. The van der Waals surface area contributed by atoms with E-state index < -0.39 is 16.9 Å². The zero-order chi connectivity index (χ0) is 25.7. The van der Waals surface area contributed by atoms with Crippen molar-refractivity contribution in [2.45, 2.75) is 64.1 Å². The third-order valence-corrected chi connectivity index (χ3v) is 7.59. The first-order valence-corrected chi connectivity index (χ1v) is 14.1. The number of anilines is 3. The molecule has 1 aliphatic heterocycles. The largest absolute Gasteiger partial charge is 0.366 e. The van der Waals surface area contributed by atoms with Gasteiger partial charge in [0.1, 0.15) is 10.7 Å². The molecule has 4 N–H and O–H groups in total. The van der Waals surface area contributed by atoms with E-state index in [0.29, 0.717) is 29.9 Å². The number of hydrogen-bond acceptors (Lipinski definition) is 6. The fourth-order valence-corrected chi connectivity index (χ4v) is 5.69. The van der Waals surface area contributed by atoms with Crippen LogP contribution in [0.3, 0.4) is 0 Å². The highest BCUT2D eigenvalue weighted by Gasteiger charge is 2.27. The number of nitrogens with zero attached hydrogens (tertiary/aromatic N) is 3. The van der Waals surface area contributed by atoms with E-state index in [1.165, 1.54) is 11.1 Å².